The number of benzene rings is 2. The minimum atomic E-state index is -2.92. The van der Waals surface area contributed by atoms with E-state index in [1.165, 1.54) is 24.3 Å². The van der Waals surface area contributed by atoms with Gasteiger partial charge in [0.05, 0.1) is 12.1 Å². The fourth-order valence-electron chi connectivity index (χ4n) is 3.99. The van der Waals surface area contributed by atoms with Gasteiger partial charge in [0, 0.05) is 36.3 Å². The van der Waals surface area contributed by atoms with Crippen molar-refractivity contribution >= 4 is 5.69 Å². The van der Waals surface area contributed by atoms with Gasteiger partial charge in [-0.2, -0.15) is 0 Å². The van der Waals surface area contributed by atoms with E-state index in [4.69, 9.17) is 4.74 Å². The standard InChI is InChI=1S/C20H20F3NO2.C2H6/c1-20(22,23)12-5-6-16-14(10-12)19-13(3-2-8-26-19)18(24-16)11-4-7-17(25)15(21)9-11;1-2/h4-7,9-10,13,18-19,24-25H,2-3,8H2,1H3;1-2H3/t13?,18-,19?;/m0./s1. The number of alkyl halides is 2. The molecule has 2 aliphatic heterocycles. The molecular weight excluding hydrogens is 367 g/mol. The zero-order valence-corrected chi connectivity index (χ0v) is 16.3. The van der Waals surface area contributed by atoms with Gasteiger partial charge in [-0.25, -0.2) is 13.2 Å². The molecule has 3 nitrogen and oxygen atoms in total. The molecule has 2 unspecified atom stereocenters. The zero-order chi connectivity index (χ0) is 20.5. The van der Waals surface area contributed by atoms with Crippen LogP contribution in [0, 0.1) is 11.7 Å². The van der Waals surface area contributed by atoms with Crippen LogP contribution in [0.1, 0.15) is 62.4 Å². The highest BCUT2D eigenvalue weighted by molar-refractivity contribution is 5.59. The van der Waals surface area contributed by atoms with Crippen molar-refractivity contribution in [2.24, 2.45) is 5.92 Å². The Morgan fingerprint density at radius 2 is 1.89 bits per heavy atom. The lowest BCUT2D eigenvalue weighted by molar-refractivity contribution is -0.0386. The van der Waals surface area contributed by atoms with E-state index in [1.54, 1.807) is 12.1 Å². The summed E-state index contributed by atoms with van der Waals surface area (Å²) in [6.07, 6.45) is 1.39. The van der Waals surface area contributed by atoms with Gasteiger partial charge in [-0.15, -0.1) is 0 Å². The van der Waals surface area contributed by atoms with Crippen molar-refractivity contribution in [3.05, 3.63) is 58.9 Å². The Hall–Kier alpha value is -2.21. The van der Waals surface area contributed by atoms with Crippen LogP contribution in [0.25, 0.3) is 0 Å². The summed E-state index contributed by atoms with van der Waals surface area (Å²) in [6.45, 7) is 5.45. The van der Waals surface area contributed by atoms with Gasteiger partial charge in [-0.1, -0.05) is 26.0 Å². The quantitative estimate of drug-likeness (QED) is 0.629. The van der Waals surface area contributed by atoms with Gasteiger partial charge in [-0.05, 0) is 42.7 Å². The zero-order valence-electron chi connectivity index (χ0n) is 16.3. The predicted molar refractivity (Wildman–Crippen MR) is 103 cm³/mol. The van der Waals surface area contributed by atoms with Crippen molar-refractivity contribution in [1.82, 2.24) is 0 Å². The molecule has 2 aromatic carbocycles. The van der Waals surface area contributed by atoms with Crippen LogP contribution < -0.4 is 5.32 Å². The van der Waals surface area contributed by atoms with E-state index in [0.29, 0.717) is 12.2 Å². The van der Waals surface area contributed by atoms with Gasteiger partial charge in [0.1, 0.15) is 0 Å². The molecule has 1 saturated heterocycles. The SMILES string of the molecule is CC.CC(F)(F)c1ccc2c(c1)C1OCCCC1[C@H](c1ccc(O)c(F)c1)N2. The smallest absolute Gasteiger partial charge is 0.270 e. The maximum Gasteiger partial charge on any atom is 0.270 e. The number of ether oxygens (including phenoxy) is 1. The normalized spacial score (nSPS) is 23.6. The van der Waals surface area contributed by atoms with Crippen molar-refractivity contribution in [3.63, 3.8) is 0 Å². The van der Waals surface area contributed by atoms with Crippen molar-refractivity contribution in [2.45, 2.75) is 51.7 Å². The first-order chi connectivity index (χ1) is 13.3. The lowest BCUT2D eigenvalue weighted by Crippen LogP contribution is -2.36. The summed E-state index contributed by atoms with van der Waals surface area (Å²) >= 11 is 0. The Bertz CT molecular complexity index is 835. The Labute approximate surface area is 163 Å². The minimum absolute atomic E-state index is 0.000853. The second-order valence-electron chi connectivity index (χ2n) is 7.12. The fraction of sp³-hybridized carbons (Fsp3) is 0.455. The third kappa shape index (κ3) is 3.83. The van der Waals surface area contributed by atoms with E-state index < -0.39 is 17.5 Å². The molecule has 0 aliphatic carbocycles. The van der Waals surface area contributed by atoms with Crippen LogP contribution >= 0.6 is 0 Å². The lowest BCUT2D eigenvalue weighted by atomic mass is 9.77. The first-order valence-electron chi connectivity index (χ1n) is 9.73. The maximum atomic E-state index is 13.8. The maximum absolute atomic E-state index is 13.8. The summed E-state index contributed by atoms with van der Waals surface area (Å²) in [7, 11) is 0. The molecule has 2 N–H and O–H groups in total. The molecule has 4 rings (SSSR count). The first kappa shape index (κ1) is 20.5. The lowest BCUT2D eigenvalue weighted by Gasteiger charge is -2.43. The van der Waals surface area contributed by atoms with Crippen LogP contribution in [-0.2, 0) is 10.7 Å². The summed E-state index contributed by atoms with van der Waals surface area (Å²) in [5.74, 6) is -3.99. The molecule has 1 fully saturated rings. The van der Waals surface area contributed by atoms with Gasteiger partial charge in [0.2, 0.25) is 0 Å². The summed E-state index contributed by atoms with van der Waals surface area (Å²) in [5.41, 5.74) is 2.11. The first-order valence-corrected chi connectivity index (χ1v) is 9.73. The molecule has 6 heteroatoms. The molecule has 0 saturated carbocycles. The summed E-state index contributed by atoms with van der Waals surface area (Å²) in [6, 6.07) is 8.68. The number of hydrogen-bond donors (Lipinski definition) is 2. The third-order valence-electron chi connectivity index (χ3n) is 5.30. The number of aromatic hydroxyl groups is 1. The van der Waals surface area contributed by atoms with Crippen LogP contribution in [0.3, 0.4) is 0 Å². The van der Waals surface area contributed by atoms with Crippen molar-refractivity contribution in [1.29, 1.82) is 0 Å². The second kappa shape index (κ2) is 8.03. The van der Waals surface area contributed by atoms with E-state index in [1.807, 2.05) is 13.8 Å². The summed E-state index contributed by atoms with van der Waals surface area (Å²) in [5, 5.41) is 12.8. The highest BCUT2D eigenvalue weighted by Gasteiger charge is 2.41. The van der Waals surface area contributed by atoms with Gasteiger partial charge < -0.3 is 15.2 Å². The molecular formula is C22H26F3NO2. The Morgan fingerprint density at radius 3 is 2.57 bits per heavy atom. The average Bonchev–Trinajstić information content (AvgIpc) is 2.70. The van der Waals surface area contributed by atoms with Crippen LogP contribution in [0.15, 0.2) is 36.4 Å². The molecule has 152 valence electrons. The van der Waals surface area contributed by atoms with E-state index >= 15 is 0 Å². The van der Waals surface area contributed by atoms with E-state index in [9.17, 15) is 18.3 Å². The van der Waals surface area contributed by atoms with E-state index in [-0.39, 0.29) is 23.6 Å². The Balaban J connectivity index is 0.00000109. The fourth-order valence-corrected chi connectivity index (χ4v) is 3.99. The van der Waals surface area contributed by atoms with Gasteiger partial charge >= 0.3 is 0 Å². The van der Waals surface area contributed by atoms with Crippen LogP contribution in [-0.4, -0.2) is 11.7 Å². The number of halogens is 3. The molecule has 0 amide bonds. The largest absolute Gasteiger partial charge is 0.505 e. The molecule has 2 aliphatic rings. The van der Waals surface area contributed by atoms with Crippen molar-refractivity contribution in [2.75, 3.05) is 11.9 Å². The Morgan fingerprint density at radius 1 is 1.14 bits per heavy atom. The van der Waals surface area contributed by atoms with Gasteiger partial charge in [0.15, 0.2) is 11.6 Å². The molecule has 0 bridgehead atoms. The predicted octanol–water partition coefficient (Wildman–Crippen LogP) is 6.30. The number of rotatable bonds is 2. The van der Waals surface area contributed by atoms with E-state index in [2.05, 4.69) is 5.32 Å². The third-order valence-corrected chi connectivity index (χ3v) is 5.30. The summed E-state index contributed by atoms with van der Waals surface area (Å²) < 4.78 is 47.3. The molecule has 0 aromatic heterocycles. The summed E-state index contributed by atoms with van der Waals surface area (Å²) in [4.78, 5) is 0. The monoisotopic (exact) mass is 393 g/mol. The van der Waals surface area contributed by atoms with Gasteiger partial charge in [-0.3, -0.25) is 0 Å². The number of fused-ring (bicyclic) bond motifs is 3. The second-order valence-corrected chi connectivity index (χ2v) is 7.12. The number of phenolic OH excluding ortho intramolecular Hbond substituents is 1. The molecule has 0 radical (unpaired) electrons. The van der Waals surface area contributed by atoms with Crippen LogP contribution in [0.2, 0.25) is 0 Å². The molecule has 2 aromatic rings. The number of anilines is 1. The molecule has 0 spiro atoms. The van der Waals surface area contributed by atoms with Crippen molar-refractivity contribution < 1.29 is 23.0 Å². The number of phenols is 1. The Kier molecular flexibility index (Phi) is 5.89. The molecule has 2 heterocycles. The highest BCUT2D eigenvalue weighted by atomic mass is 19.3. The number of hydrogen-bond acceptors (Lipinski definition) is 3. The van der Waals surface area contributed by atoms with Crippen molar-refractivity contribution in [3.8, 4) is 5.75 Å². The average molecular weight is 393 g/mol. The van der Waals surface area contributed by atoms with Gasteiger partial charge in [0.25, 0.3) is 5.92 Å². The molecule has 28 heavy (non-hydrogen) atoms. The number of nitrogens with one attached hydrogen (secondary N) is 1. The van der Waals surface area contributed by atoms with Crippen LogP contribution in [0.4, 0.5) is 18.9 Å². The highest BCUT2D eigenvalue weighted by Crippen LogP contribution is 2.50. The topological polar surface area (TPSA) is 41.5 Å². The van der Waals surface area contributed by atoms with E-state index in [0.717, 1.165) is 31.0 Å². The molecule has 3 atom stereocenters. The van der Waals surface area contributed by atoms with Crippen LogP contribution in [0.5, 0.6) is 5.75 Å². The minimum Gasteiger partial charge on any atom is -0.505 e.